The third kappa shape index (κ3) is 11.1. The van der Waals surface area contributed by atoms with Crippen molar-refractivity contribution in [2.24, 2.45) is 0 Å². The molecule has 11 aromatic rings. The first-order valence-electron chi connectivity index (χ1n) is 30.8. The minimum Gasteiger partial charge on any atom is -0.311 e. The van der Waals surface area contributed by atoms with Crippen LogP contribution in [0, 0.1) is 48.5 Å². The van der Waals surface area contributed by atoms with Crippen LogP contribution in [-0.2, 0) is 10.8 Å². The standard InChI is InChI=1S/C84H78N4/c1-12-14-33-67(13-2)85(68-34-19-26-58(3)45-68)75-52-65(53-76(56-75)86(69-35-20-27-59(4)46-69)70-36-21-28-60(5)47-70)84(81-43-17-15-41-79(81)83(10,11)80-42-16-18-44-82(80)84)66-54-77(87(71-37-22-29-61(6)48-71)72-38-23-30-62(7)49-72)57-78(55-66)88(73-39-24-31-63(8)50-73)74-40-25-32-64(9)51-74/h12-57H,1H2,2-11H3/b33-14-,67-13+. The van der Waals surface area contributed by atoms with Gasteiger partial charge in [0.2, 0.25) is 0 Å². The molecule has 0 aromatic heterocycles. The summed E-state index contributed by atoms with van der Waals surface area (Å²) in [5, 5.41) is 0. The van der Waals surface area contributed by atoms with Crippen LogP contribution < -0.4 is 19.6 Å². The van der Waals surface area contributed by atoms with Gasteiger partial charge < -0.3 is 19.6 Å². The molecule has 434 valence electrons. The van der Waals surface area contributed by atoms with Crippen LogP contribution in [0.1, 0.15) is 93.1 Å². The van der Waals surface area contributed by atoms with Gasteiger partial charge in [-0.3, -0.25) is 0 Å². The first-order chi connectivity index (χ1) is 42.6. The fraction of sp³-hybridized carbons (Fsp3) is 0.143. The molecule has 0 radical (unpaired) electrons. The van der Waals surface area contributed by atoms with Gasteiger partial charge in [0.15, 0.2) is 0 Å². The first kappa shape index (κ1) is 58.2. The van der Waals surface area contributed by atoms with Crippen LogP contribution in [0.5, 0.6) is 0 Å². The molecular formula is C84H78N4. The second-order valence-corrected chi connectivity index (χ2v) is 24.5. The van der Waals surface area contributed by atoms with Crippen molar-refractivity contribution in [3.8, 4) is 0 Å². The van der Waals surface area contributed by atoms with Gasteiger partial charge in [-0.1, -0.05) is 172 Å². The molecule has 0 fully saturated rings. The number of rotatable bonds is 16. The van der Waals surface area contributed by atoms with Crippen molar-refractivity contribution in [1.29, 1.82) is 0 Å². The van der Waals surface area contributed by atoms with E-state index in [1.54, 1.807) is 0 Å². The van der Waals surface area contributed by atoms with E-state index in [0.717, 1.165) is 79.4 Å². The van der Waals surface area contributed by atoms with E-state index in [4.69, 9.17) is 0 Å². The third-order valence-electron chi connectivity index (χ3n) is 17.5. The molecule has 0 spiro atoms. The Labute approximate surface area is 523 Å². The quantitative estimate of drug-likeness (QED) is 0.0894. The molecule has 0 aliphatic heterocycles. The average Bonchev–Trinajstić information content (AvgIpc) is 0.694. The number of fused-ring (bicyclic) bond motifs is 2. The van der Waals surface area contributed by atoms with Crippen LogP contribution >= 0.6 is 0 Å². The maximum Gasteiger partial charge on any atom is 0.0710 e. The molecule has 0 saturated carbocycles. The van der Waals surface area contributed by atoms with Crippen LogP contribution in [0.2, 0.25) is 0 Å². The van der Waals surface area contributed by atoms with Crippen molar-refractivity contribution in [1.82, 2.24) is 0 Å². The Morgan fingerprint density at radius 3 is 0.909 bits per heavy atom. The Morgan fingerprint density at radius 1 is 0.318 bits per heavy atom. The predicted octanol–water partition coefficient (Wildman–Crippen LogP) is 23.1. The summed E-state index contributed by atoms with van der Waals surface area (Å²) in [7, 11) is 0. The highest BCUT2D eigenvalue weighted by molar-refractivity contribution is 5.88. The van der Waals surface area contributed by atoms with E-state index in [2.05, 4.69) is 362 Å². The molecule has 1 aliphatic carbocycles. The highest BCUT2D eigenvalue weighted by Crippen LogP contribution is 2.59. The van der Waals surface area contributed by atoms with E-state index in [0.29, 0.717) is 0 Å². The van der Waals surface area contributed by atoms with Gasteiger partial charge >= 0.3 is 0 Å². The lowest BCUT2D eigenvalue weighted by molar-refractivity contribution is 0.558. The Morgan fingerprint density at radius 2 is 0.602 bits per heavy atom. The van der Waals surface area contributed by atoms with Crippen LogP contribution in [0.4, 0.5) is 62.6 Å². The zero-order valence-electron chi connectivity index (χ0n) is 52.6. The Balaban J connectivity index is 1.32. The lowest BCUT2D eigenvalue weighted by Crippen LogP contribution is -2.42. The van der Waals surface area contributed by atoms with Crippen molar-refractivity contribution in [3.63, 3.8) is 0 Å². The molecule has 0 unspecified atom stereocenters. The topological polar surface area (TPSA) is 13.0 Å². The summed E-state index contributed by atoms with van der Waals surface area (Å²) >= 11 is 0. The molecule has 4 nitrogen and oxygen atoms in total. The summed E-state index contributed by atoms with van der Waals surface area (Å²) in [5.74, 6) is 0. The van der Waals surface area contributed by atoms with Gasteiger partial charge in [-0.15, -0.1) is 0 Å². The fourth-order valence-corrected chi connectivity index (χ4v) is 13.6. The van der Waals surface area contributed by atoms with E-state index in [1.165, 1.54) is 61.2 Å². The fourth-order valence-electron chi connectivity index (χ4n) is 13.6. The molecule has 0 atom stereocenters. The number of aryl methyl sites for hydroxylation is 7. The zero-order valence-corrected chi connectivity index (χ0v) is 52.6. The van der Waals surface area contributed by atoms with Gasteiger partial charge in [0.25, 0.3) is 0 Å². The van der Waals surface area contributed by atoms with Gasteiger partial charge in [0, 0.05) is 73.7 Å². The molecule has 0 saturated heterocycles. The average molecular weight is 1140 g/mol. The van der Waals surface area contributed by atoms with Gasteiger partial charge in [-0.25, -0.2) is 0 Å². The van der Waals surface area contributed by atoms with E-state index in [1.807, 2.05) is 12.2 Å². The van der Waals surface area contributed by atoms with E-state index in [-0.39, 0.29) is 0 Å². The van der Waals surface area contributed by atoms with E-state index >= 15 is 0 Å². The molecule has 88 heavy (non-hydrogen) atoms. The van der Waals surface area contributed by atoms with Gasteiger partial charge in [0.1, 0.15) is 0 Å². The van der Waals surface area contributed by atoms with E-state index < -0.39 is 10.8 Å². The highest BCUT2D eigenvalue weighted by atomic mass is 15.2. The zero-order chi connectivity index (χ0) is 61.3. The lowest BCUT2D eigenvalue weighted by Gasteiger charge is -2.49. The maximum atomic E-state index is 4.16. The maximum absolute atomic E-state index is 4.16. The number of hydrogen-bond donors (Lipinski definition) is 0. The summed E-state index contributed by atoms with van der Waals surface area (Å²) in [6, 6.07) is 96.0. The first-order valence-corrected chi connectivity index (χ1v) is 30.8. The molecule has 0 bridgehead atoms. The number of hydrogen-bond acceptors (Lipinski definition) is 4. The number of nitrogens with zero attached hydrogens (tertiary/aromatic N) is 4. The molecular weight excluding hydrogens is 1060 g/mol. The van der Waals surface area contributed by atoms with Crippen LogP contribution in [0.3, 0.4) is 0 Å². The number of benzene rings is 11. The van der Waals surface area contributed by atoms with Gasteiger partial charge in [0.05, 0.1) is 5.41 Å². The summed E-state index contributed by atoms with van der Waals surface area (Å²) in [5.41, 5.74) is 26.6. The van der Waals surface area contributed by atoms with Crippen molar-refractivity contribution in [3.05, 3.63) is 364 Å². The Bertz CT molecular complexity index is 4180. The summed E-state index contributed by atoms with van der Waals surface area (Å²) in [4.78, 5) is 9.83. The van der Waals surface area contributed by atoms with E-state index in [9.17, 15) is 0 Å². The number of allylic oxidation sites excluding steroid dienone is 4. The minimum atomic E-state index is -0.996. The minimum absolute atomic E-state index is 0.391. The summed E-state index contributed by atoms with van der Waals surface area (Å²) in [6.07, 6.45) is 8.29. The monoisotopic (exact) mass is 1140 g/mol. The van der Waals surface area contributed by atoms with Crippen LogP contribution in [-0.4, -0.2) is 0 Å². The highest BCUT2D eigenvalue weighted by Gasteiger charge is 2.50. The molecule has 12 rings (SSSR count). The van der Waals surface area contributed by atoms with Crippen LogP contribution in [0.25, 0.3) is 0 Å². The second-order valence-electron chi connectivity index (χ2n) is 24.5. The van der Waals surface area contributed by atoms with Crippen LogP contribution in [0.15, 0.2) is 291 Å². The predicted molar refractivity (Wildman–Crippen MR) is 376 cm³/mol. The largest absolute Gasteiger partial charge is 0.311 e. The molecule has 4 heteroatoms. The second kappa shape index (κ2) is 24.3. The third-order valence-corrected chi connectivity index (χ3v) is 17.5. The summed E-state index contributed by atoms with van der Waals surface area (Å²) < 4.78 is 0. The smallest absolute Gasteiger partial charge is 0.0710 e. The van der Waals surface area contributed by atoms with Gasteiger partial charge in [-0.2, -0.15) is 0 Å². The van der Waals surface area contributed by atoms with Crippen molar-refractivity contribution in [2.45, 2.75) is 80.1 Å². The lowest BCUT2D eigenvalue weighted by atomic mass is 9.54. The molecule has 0 heterocycles. The van der Waals surface area contributed by atoms with Crippen molar-refractivity contribution in [2.75, 3.05) is 19.6 Å². The molecule has 0 amide bonds. The van der Waals surface area contributed by atoms with Crippen molar-refractivity contribution >= 4 is 62.6 Å². The normalized spacial score (nSPS) is 13.1. The summed E-state index contributed by atoms with van der Waals surface area (Å²) in [6.45, 7) is 26.4. The Kier molecular flexibility index (Phi) is 16.1. The number of anilines is 11. The molecule has 0 N–H and O–H groups in total. The Hall–Kier alpha value is -10.2. The van der Waals surface area contributed by atoms with Gasteiger partial charge in [-0.05, 0) is 255 Å². The molecule has 1 aliphatic rings. The SMILES string of the molecule is C=C/C=C\C(=C/C)N(c1cccc(C)c1)c1cc(N(c2cccc(C)c2)c2cccc(C)c2)cc(C2(c3cc(N(c4cccc(C)c4)c4cccc(C)c4)cc(N(c4cccc(C)c4)c4cccc(C)c4)c3)c3ccccc3C(C)(C)c3ccccc32)c1. The molecule has 11 aromatic carbocycles. The van der Waals surface area contributed by atoms with Crippen molar-refractivity contribution < 1.29 is 0 Å².